The summed E-state index contributed by atoms with van der Waals surface area (Å²) in [4.78, 5) is 0. The first-order valence-corrected chi connectivity index (χ1v) is 4.60. The van der Waals surface area contributed by atoms with Crippen LogP contribution in [0.2, 0.25) is 0 Å². The molecule has 1 aromatic carbocycles. The number of nitrogens with two attached hydrogens (primary N) is 2. The zero-order valence-electron chi connectivity index (χ0n) is 8.73. The fourth-order valence-electron chi connectivity index (χ4n) is 1.000. The van der Waals surface area contributed by atoms with E-state index in [1.54, 1.807) is 0 Å². The lowest BCUT2D eigenvalue weighted by Crippen LogP contribution is -2.08. The van der Waals surface area contributed by atoms with Crippen LogP contribution in [0.1, 0.15) is 25.0 Å². The third-order valence-electron chi connectivity index (χ3n) is 1.58. The first kappa shape index (κ1) is 13.8. The molecule has 0 amide bonds. The molecule has 5 heteroatoms. The Morgan fingerprint density at radius 2 is 1.67 bits per heavy atom. The van der Waals surface area contributed by atoms with Gasteiger partial charge in [-0.05, 0) is 23.8 Å². The van der Waals surface area contributed by atoms with E-state index in [0.29, 0.717) is 5.56 Å². The van der Waals surface area contributed by atoms with Gasteiger partial charge in [-0.25, -0.2) is 0 Å². The highest BCUT2D eigenvalue weighted by molar-refractivity contribution is 5.45. The van der Waals surface area contributed by atoms with Crippen molar-refractivity contribution in [1.82, 2.24) is 0 Å². The van der Waals surface area contributed by atoms with E-state index in [1.807, 2.05) is 13.8 Å². The largest absolute Gasteiger partial charge is 0.416 e. The number of rotatable bonds is 1. The Hall–Kier alpha value is -1.23. The molecule has 0 bridgehead atoms. The number of halogens is 3. The van der Waals surface area contributed by atoms with Gasteiger partial charge in [-0.1, -0.05) is 13.8 Å². The summed E-state index contributed by atoms with van der Waals surface area (Å²) in [5, 5.41) is 0. The summed E-state index contributed by atoms with van der Waals surface area (Å²) in [5.41, 5.74) is 10.2. The van der Waals surface area contributed by atoms with Crippen LogP contribution >= 0.6 is 0 Å². The topological polar surface area (TPSA) is 52.0 Å². The molecule has 0 heterocycles. The summed E-state index contributed by atoms with van der Waals surface area (Å²) >= 11 is 0. The molecule has 0 fully saturated rings. The lowest BCUT2D eigenvalue weighted by Gasteiger charge is -2.09. The van der Waals surface area contributed by atoms with E-state index in [2.05, 4.69) is 0 Å². The van der Waals surface area contributed by atoms with Crippen molar-refractivity contribution in [3.8, 4) is 0 Å². The van der Waals surface area contributed by atoms with Crippen molar-refractivity contribution in [3.63, 3.8) is 0 Å². The quantitative estimate of drug-likeness (QED) is 0.715. The van der Waals surface area contributed by atoms with E-state index in [4.69, 9.17) is 11.5 Å². The molecule has 0 saturated heterocycles. The van der Waals surface area contributed by atoms with Gasteiger partial charge in [0, 0.05) is 12.2 Å². The smallest absolute Gasteiger partial charge is 0.399 e. The summed E-state index contributed by atoms with van der Waals surface area (Å²) in [7, 11) is 0. The lowest BCUT2D eigenvalue weighted by molar-refractivity contribution is -0.137. The van der Waals surface area contributed by atoms with Crippen molar-refractivity contribution in [1.29, 1.82) is 0 Å². The average Bonchev–Trinajstić information content (AvgIpc) is 2.18. The minimum Gasteiger partial charge on any atom is -0.399 e. The highest BCUT2D eigenvalue weighted by Crippen LogP contribution is 2.31. The predicted molar refractivity (Wildman–Crippen MR) is 55.1 cm³/mol. The highest BCUT2D eigenvalue weighted by Gasteiger charge is 2.30. The van der Waals surface area contributed by atoms with Gasteiger partial charge in [0.15, 0.2) is 0 Å². The maximum atomic E-state index is 12.2. The van der Waals surface area contributed by atoms with E-state index >= 15 is 0 Å². The van der Waals surface area contributed by atoms with Gasteiger partial charge in [-0.3, -0.25) is 0 Å². The number of nitrogen functional groups attached to an aromatic ring is 1. The monoisotopic (exact) mass is 220 g/mol. The van der Waals surface area contributed by atoms with Crippen LogP contribution in [-0.4, -0.2) is 0 Å². The molecule has 15 heavy (non-hydrogen) atoms. The molecule has 0 radical (unpaired) electrons. The van der Waals surface area contributed by atoms with Crippen LogP contribution in [0.4, 0.5) is 18.9 Å². The first-order chi connectivity index (χ1) is 6.93. The molecular weight excluding hydrogens is 205 g/mol. The Bertz CT molecular complexity index is 308. The van der Waals surface area contributed by atoms with Gasteiger partial charge in [-0.15, -0.1) is 0 Å². The van der Waals surface area contributed by atoms with Crippen LogP contribution in [0.3, 0.4) is 0 Å². The van der Waals surface area contributed by atoms with E-state index < -0.39 is 11.7 Å². The molecule has 1 rings (SSSR count). The fourth-order valence-corrected chi connectivity index (χ4v) is 1.000. The third-order valence-corrected chi connectivity index (χ3v) is 1.58. The second-order valence-electron chi connectivity index (χ2n) is 2.67. The molecule has 1 aromatic rings. The minimum atomic E-state index is -4.36. The SMILES string of the molecule is CC.NCc1cc(N)cc(C(F)(F)F)c1. The minimum absolute atomic E-state index is 0.0497. The summed E-state index contributed by atoms with van der Waals surface area (Å²) in [5.74, 6) is 0. The van der Waals surface area contributed by atoms with Gasteiger partial charge in [0.2, 0.25) is 0 Å². The lowest BCUT2D eigenvalue weighted by atomic mass is 10.1. The molecule has 0 unspecified atom stereocenters. The van der Waals surface area contributed by atoms with Gasteiger partial charge in [0.05, 0.1) is 5.56 Å². The molecule has 0 aliphatic carbocycles. The Labute approximate surface area is 87.1 Å². The van der Waals surface area contributed by atoms with Gasteiger partial charge < -0.3 is 11.5 Å². The van der Waals surface area contributed by atoms with E-state index in [1.165, 1.54) is 6.07 Å². The number of anilines is 1. The van der Waals surface area contributed by atoms with Crippen molar-refractivity contribution in [2.45, 2.75) is 26.6 Å². The maximum absolute atomic E-state index is 12.2. The summed E-state index contributed by atoms with van der Waals surface area (Å²) in [6.45, 7) is 4.05. The molecule has 86 valence electrons. The molecule has 0 aliphatic rings. The van der Waals surface area contributed by atoms with Crippen LogP contribution in [0, 0.1) is 0 Å². The van der Waals surface area contributed by atoms with Crippen LogP contribution in [-0.2, 0) is 12.7 Å². The predicted octanol–water partition coefficient (Wildman–Crippen LogP) is 2.77. The second-order valence-corrected chi connectivity index (χ2v) is 2.67. The summed E-state index contributed by atoms with van der Waals surface area (Å²) in [6.07, 6.45) is -4.36. The summed E-state index contributed by atoms with van der Waals surface area (Å²) < 4.78 is 36.6. The average molecular weight is 220 g/mol. The molecule has 0 aliphatic heterocycles. The van der Waals surface area contributed by atoms with Crippen LogP contribution < -0.4 is 11.5 Å². The molecule has 0 atom stereocenters. The van der Waals surface area contributed by atoms with Gasteiger partial charge in [0.25, 0.3) is 0 Å². The molecular formula is C10H15F3N2. The zero-order chi connectivity index (χ0) is 12.1. The first-order valence-electron chi connectivity index (χ1n) is 4.60. The van der Waals surface area contributed by atoms with Crippen molar-refractivity contribution in [2.24, 2.45) is 5.73 Å². The number of hydrogen-bond acceptors (Lipinski definition) is 2. The van der Waals surface area contributed by atoms with Crippen molar-refractivity contribution in [2.75, 3.05) is 5.73 Å². The third kappa shape index (κ3) is 4.20. The van der Waals surface area contributed by atoms with E-state index in [-0.39, 0.29) is 12.2 Å². The molecule has 2 nitrogen and oxygen atoms in total. The fraction of sp³-hybridized carbons (Fsp3) is 0.400. The Balaban J connectivity index is 0.000000921. The van der Waals surface area contributed by atoms with Crippen molar-refractivity contribution < 1.29 is 13.2 Å². The Morgan fingerprint density at radius 1 is 1.13 bits per heavy atom. The van der Waals surface area contributed by atoms with E-state index in [0.717, 1.165) is 12.1 Å². The van der Waals surface area contributed by atoms with Crippen LogP contribution in [0.5, 0.6) is 0 Å². The Kier molecular flexibility index (Phi) is 5.14. The molecule has 4 N–H and O–H groups in total. The number of benzene rings is 1. The summed E-state index contributed by atoms with van der Waals surface area (Å²) in [6, 6.07) is 3.31. The number of alkyl halides is 3. The molecule has 0 spiro atoms. The van der Waals surface area contributed by atoms with Gasteiger partial charge >= 0.3 is 6.18 Å². The van der Waals surface area contributed by atoms with Crippen LogP contribution in [0.25, 0.3) is 0 Å². The Morgan fingerprint density at radius 3 is 2.07 bits per heavy atom. The van der Waals surface area contributed by atoms with E-state index in [9.17, 15) is 13.2 Å². The second kappa shape index (κ2) is 5.60. The van der Waals surface area contributed by atoms with Crippen molar-refractivity contribution in [3.05, 3.63) is 29.3 Å². The zero-order valence-corrected chi connectivity index (χ0v) is 8.73. The van der Waals surface area contributed by atoms with Gasteiger partial charge in [0.1, 0.15) is 0 Å². The van der Waals surface area contributed by atoms with Crippen LogP contribution in [0.15, 0.2) is 18.2 Å². The molecule has 0 saturated carbocycles. The number of hydrogen-bond donors (Lipinski definition) is 2. The normalized spacial score (nSPS) is 10.5. The standard InChI is InChI=1S/C8H9F3N2.C2H6/c9-8(10,11)6-1-5(4-12)2-7(13)3-6;1-2/h1-3H,4,12-13H2;1-2H3. The highest BCUT2D eigenvalue weighted by atomic mass is 19.4. The maximum Gasteiger partial charge on any atom is 0.416 e. The molecule has 0 aromatic heterocycles. The van der Waals surface area contributed by atoms with Crippen molar-refractivity contribution >= 4 is 5.69 Å². The van der Waals surface area contributed by atoms with Gasteiger partial charge in [-0.2, -0.15) is 13.2 Å².